The van der Waals surface area contributed by atoms with E-state index in [2.05, 4.69) is 27.6 Å². The van der Waals surface area contributed by atoms with Gasteiger partial charge in [0.1, 0.15) is 0 Å². The quantitative estimate of drug-likeness (QED) is 0.448. The van der Waals surface area contributed by atoms with Crippen molar-refractivity contribution in [2.24, 2.45) is 0 Å². The predicted octanol–water partition coefficient (Wildman–Crippen LogP) is 0.931. The standard InChI is InChI=1S/C16H17AsFIN2O2/c1-21(7-8-23-2)16(22)12-5-6-20-10-14(12)17-13-4-3-11(19)9-15(13)18/h3-6,9-10,17H,7-8H2,1-2H3. The number of carbonyl (C=O) groups excluding carboxylic acids is 1. The van der Waals surface area contributed by atoms with Gasteiger partial charge in [0.05, 0.1) is 0 Å². The molecule has 0 fully saturated rings. The summed E-state index contributed by atoms with van der Waals surface area (Å²) >= 11 is 1.10. The Hall–Kier alpha value is -0.982. The Morgan fingerprint density at radius 1 is 1.39 bits per heavy atom. The molecule has 0 N–H and O–H groups in total. The van der Waals surface area contributed by atoms with Crippen molar-refractivity contribution in [1.29, 1.82) is 0 Å². The number of likely N-dealkylation sites (N-methyl/N-ethyl adjacent to an activating group) is 1. The number of halogens is 2. The van der Waals surface area contributed by atoms with E-state index in [1.807, 2.05) is 6.07 Å². The maximum atomic E-state index is 14.1. The summed E-state index contributed by atoms with van der Waals surface area (Å²) in [6.45, 7) is 0.986. The summed E-state index contributed by atoms with van der Waals surface area (Å²) in [5.41, 5.74) is 0.594. The van der Waals surface area contributed by atoms with Gasteiger partial charge in [-0.25, -0.2) is 0 Å². The number of hydrogen-bond donors (Lipinski definition) is 0. The monoisotopic (exact) mass is 490 g/mol. The molecule has 0 radical (unpaired) electrons. The van der Waals surface area contributed by atoms with Crippen molar-refractivity contribution in [3.8, 4) is 0 Å². The Morgan fingerprint density at radius 2 is 2.17 bits per heavy atom. The van der Waals surface area contributed by atoms with E-state index in [0.717, 1.165) is 7.92 Å². The third-order valence-electron chi connectivity index (χ3n) is 3.23. The Bertz CT molecular complexity index is 700. The molecule has 0 saturated heterocycles. The first-order valence-corrected chi connectivity index (χ1v) is 10.1. The summed E-state index contributed by atoms with van der Waals surface area (Å²) in [5, 5.41) is 0. The Balaban J connectivity index is 2.25. The molecule has 0 aliphatic carbocycles. The minimum absolute atomic E-state index is 0.0888. The third kappa shape index (κ3) is 4.99. The molecule has 0 aliphatic heterocycles. The number of methoxy groups -OCH3 is 1. The number of benzene rings is 1. The molecule has 1 amide bonds. The zero-order chi connectivity index (χ0) is 16.8. The fourth-order valence-electron chi connectivity index (χ4n) is 1.95. The number of pyridine rings is 1. The Labute approximate surface area is 155 Å². The molecule has 1 aromatic carbocycles. The average molecular weight is 490 g/mol. The minimum atomic E-state index is -0.976. The summed E-state index contributed by atoms with van der Waals surface area (Å²) < 4.78 is 21.5. The van der Waals surface area contributed by atoms with Crippen molar-refractivity contribution >= 4 is 53.0 Å². The van der Waals surface area contributed by atoms with Gasteiger partial charge in [-0.2, -0.15) is 0 Å². The first-order chi connectivity index (χ1) is 11.0. The van der Waals surface area contributed by atoms with Crippen LogP contribution in [0.25, 0.3) is 0 Å². The van der Waals surface area contributed by atoms with Crippen molar-refractivity contribution in [3.05, 3.63) is 51.6 Å². The van der Waals surface area contributed by atoms with Gasteiger partial charge in [0.25, 0.3) is 0 Å². The summed E-state index contributed by atoms with van der Waals surface area (Å²) in [5.74, 6) is -0.305. The van der Waals surface area contributed by atoms with E-state index in [0.29, 0.717) is 23.1 Å². The van der Waals surface area contributed by atoms with Crippen LogP contribution in [0.1, 0.15) is 10.4 Å². The molecule has 0 aliphatic rings. The molecule has 7 heteroatoms. The van der Waals surface area contributed by atoms with Crippen LogP contribution >= 0.6 is 22.6 Å². The first kappa shape index (κ1) is 18.4. The van der Waals surface area contributed by atoms with Crippen LogP contribution in [0.15, 0.2) is 36.7 Å². The van der Waals surface area contributed by atoms with E-state index in [9.17, 15) is 9.18 Å². The van der Waals surface area contributed by atoms with Gasteiger partial charge in [-0.05, 0) is 0 Å². The van der Waals surface area contributed by atoms with Crippen LogP contribution in [0.5, 0.6) is 0 Å². The van der Waals surface area contributed by atoms with Crippen molar-refractivity contribution in [3.63, 3.8) is 0 Å². The number of rotatable bonds is 6. The van der Waals surface area contributed by atoms with E-state index in [4.69, 9.17) is 4.74 Å². The van der Waals surface area contributed by atoms with Gasteiger partial charge < -0.3 is 0 Å². The molecule has 1 unspecified atom stereocenters. The van der Waals surface area contributed by atoms with Gasteiger partial charge in [-0.1, -0.05) is 0 Å². The average Bonchev–Trinajstić information content (AvgIpc) is 2.55. The summed E-state index contributed by atoms with van der Waals surface area (Å²) in [6.07, 6.45) is 3.27. The summed E-state index contributed by atoms with van der Waals surface area (Å²) in [7, 11) is 3.33. The molecule has 23 heavy (non-hydrogen) atoms. The number of nitrogens with zero attached hydrogens (tertiary/aromatic N) is 2. The molecule has 0 bridgehead atoms. The third-order valence-corrected chi connectivity index (χ3v) is 6.72. The first-order valence-electron chi connectivity index (χ1n) is 6.93. The molecular weight excluding hydrogens is 473 g/mol. The molecule has 122 valence electrons. The number of amides is 1. The fraction of sp³-hybridized carbons (Fsp3) is 0.250. The van der Waals surface area contributed by atoms with Crippen molar-refractivity contribution in [1.82, 2.24) is 9.88 Å². The number of carbonyl (C=O) groups is 1. The SMILES string of the molecule is COCCN(C)C(=O)c1ccncc1[AsH]c1ccc(I)cc1F. The Kier molecular flexibility index (Phi) is 6.99. The van der Waals surface area contributed by atoms with Crippen molar-refractivity contribution in [2.45, 2.75) is 0 Å². The molecule has 0 spiro atoms. The molecule has 0 saturated carbocycles. The van der Waals surface area contributed by atoms with Gasteiger partial charge in [-0.15, -0.1) is 0 Å². The molecule has 2 rings (SSSR count). The summed E-state index contributed by atoms with van der Waals surface area (Å²) in [4.78, 5) is 18.3. The second-order valence-electron chi connectivity index (χ2n) is 4.89. The number of hydrogen-bond acceptors (Lipinski definition) is 3. The van der Waals surface area contributed by atoms with E-state index in [-0.39, 0.29) is 11.7 Å². The topological polar surface area (TPSA) is 42.4 Å². The maximum absolute atomic E-state index is 14.1. The van der Waals surface area contributed by atoms with Crippen LogP contribution in [-0.2, 0) is 4.74 Å². The zero-order valence-electron chi connectivity index (χ0n) is 12.8. The summed E-state index contributed by atoms with van der Waals surface area (Å²) in [6, 6.07) is 6.90. The van der Waals surface area contributed by atoms with Crippen LogP contribution < -0.4 is 8.70 Å². The van der Waals surface area contributed by atoms with Gasteiger partial charge in [-0.3, -0.25) is 0 Å². The van der Waals surface area contributed by atoms with Crippen LogP contribution in [0.4, 0.5) is 4.39 Å². The zero-order valence-corrected chi connectivity index (χ0v) is 17.1. The van der Waals surface area contributed by atoms with E-state index >= 15 is 0 Å². The second kappa shape index (κ2) is 8.75. The van der Waals surface area contributed by atoms with E-state index < -0.39 is 15.8 Å². The van der Waals surface area contributed by atoms with Crippen LogP contribution in [0.3, 0.4) is 0 Å². The van der Waals surface area contributed by atoms with Crippen LogP contribution in [-0.4, -0.2) is 58.9 Å². The van der Waals surface area contributed by atoms with Crippen molar-refractivity contribution in [2.75, 3.05) is 27.3 Å². The van der Waals surface area contributed by atoms with E-state index in [1.54, 1.807) is 43.6 Å². The fourth-order valence-corrected chi connectivity index (χ4v) is 4.74. The molecule has 1 atom stereocenters. The van der Waals surface area contributed by atoms with Gasteiger partial charge in [0.2, 0.25) is 0 Å². The number of aromatic nitrogens is 1. The van der Waals surface area contributed by atoms with E-state index in [1.165, 1.54) is 6.07 Å². The van der Waals surface area contributed by atoms with Crippen LogP contribution in [0.2, 0.25) is 0 Å². The molecule has 1 aromatic heterocycles. The van der Waals surface area contributed by atoms with Crippen molar-refractivity contribution < 1.29 is 13.9 Å². The van der Waals surface area contributed by atoms with Crippen LogP contribution in [0, 0.1) is 9.39 Å². The molecule has 4 nitrogen and oxygen atoms in total. The van der Waals surface area contributed by atoms with Gasteiger partial charge in [0.15, 0.2) is 0 Å². The second-order valence-corrected chi connectivity index (χ2v) is 8.92. The molecule has 1 heterocycles. The normalized spacial score (nSPS) is 11.1. The van der Waals surface area contributed by atoms with Gasteiger partial charge in [0, 0.05) is 0 Å². The Morgan fingerprint density at radius 3 is 2.87 bits per heavy atom. The van der Waals surface area contributed by atoms with Gasteiger partial charge >= 0.3 is 156 Å². The number of ether oxygens (including phenoxy) is 1. The molecular formula is C16H17AsFIN2O2. The molecule has 2 aromatic rings. The predicted molar refractivity (Wildman–Crippen MR) is 98.6 cm³/mol.